The molecule has 0 aromatic heterocycles. The molecule has 0 saturated carbocycles. The maximum absolute atomic E-state index is 6.53. The summed E-state index contributed by atoms with van der Waals surface area (Å²) in [7, 11) is -1.67. The molecule has 3 heteroatoms. The van der Waals surface area contributed by atoms with E-state index in [1.807, 2.05) is 0 Å². The molecule has 124 valence electrons. The highest BCUT2D eigenvalue weighted by Gasteiger charge is 2.43. The third-order valence-electron chi connectivity index (χ3n) is 6.39. The van der Waals surface area contributed by atoms with E-state index in [-0.39, 0.29) is 5.04 Å². The van der Waals surface area contributed by atoms with E-state index in [4.69, 9.17) is 9.16 Å². The lowest BCUT2D eigenvalue weighted by Gasteiger charge is -2.38. The van der Waals surface area contributed by atoms with Crippen LogP contribution in [0.15, 0.2) is 22.8 Å². The van der Waals surface area contributed by atoms with E-state index in [0.717, 1.165) is 6.61 Å². The second kappa shape index (κ2) is 5.61. The zero-order valence-electron chi connectivity index (χ0n) is 15.2. The lowest BCUT2D eigenvalue weighted by molar-refractivity contribution is 0.0258. The molecule has 2 bridgehead atoms. The van der Waals surface area contributed by atoms with Crippen molar-refractivity contribution in [2.45, 2.75) is 83.7 Å². The van der Waals surface area contributed by atoms with E-state index in [2.05, 4.69) is 46.9 Å². The molecule has 3 rings (SSSR count). The molecular formula is C19H32O2Si. The van der Waals surface area contributed by atoms with Crippen LogP contribution in [0.1, 0.15) is 53.4 Å². The number of allylic oxidation sites excluding steroid dienone is 1. The van der Waals surface area contributed by atoms with Gasteiger partial charge in [0.15, 0.2) is 8.32 Å². The fourth-order valence-corrected chi connectivity index (χ4v) is 4.85. The largest absolute Gasteiger partial charge is 0.416 e. The highest BCUT2D eigenvalue weighted by Crippen LogP contribution is 2.46. The van der Waals surface area contributed by atoms with Crippen LogP contribution in [-0.2, 0) is 9.16 Å². The van der Waals surface area contributed by atoms with Crippen LogP contribution in [0.3, 0.4) is 0 Å². The van der Waals surface area contributed by atoms with E-state index in [9.17, 15) is 0 Å². The summed E-state index contributed by atoms with van der Waals surface area (Å²) in [6, 6.07) is 0. The fourth-order valence-electron chi connectivity index (χ4n) is 3.78. The summed E-state index contributed by atoms with van der Waals surface area (Å²) in [6.45, 7) is 14.8. The van der Waals surface area contributed by atoms with Gasteiger partial charge >= 0.3 is 0 Å². The summed E-state index contributed by atoms with van der Waals surface area (Å²) in [6.07, 6.45) is 7.87. The second-order valence-corrected chi connectivity index (χ2v) is 13.6. The minimum Gasteiger partial charge on any atom is -0.416 e. The van der Waals surface area contributed by atoms with Crippen LogP contribution in [0.4, 0.5) is 0 Å². The van der Waals surface area contributed by atoms with Crippen molar-refractivity contribution in [2.24, 2.45) is 5.92 Å². The molecule has 3 atom stereocenters. The van der Waals surface area contributed by atoms with Crippen LogP contribution >= 0.6 is 0 Å². The minimum atomic E-state index is -1.67. The Morgan fingerprint density at radius 1 is 1.27 bits per heavy atom. The Morgan fingerprint density at radius 3 is 2.68 bits per heavy atom. The zero-order valence-corrected chi connectivity index (χ0v) is 16.2. The molecule has 1 aliphatic carbocycles. The third kappa shape index (κ3) is 2.76. The fraction of sp³-hybridized carbons (Fsp3) is 0.789. The van der Waals surface area contributed by atoms with Crippen LogP contribution in [0, 0.1) is 5.92 Å². The molecule has 22 heavy (non-hydrogen) atoms. The molecular weight excluding hydrogens is 288 g/mol. The lowest BCUT2D eigenvalue weighted by Crippen LogP contribution is -2.43. The van der Waals surface area contributed by atoms with Gasteiger partial charge in [-0.2, -0.15) is 0 Å². The standard InChI is InChI=1S/C19H32O2Si/c1-13-16-9-7-8-14-10-11-15(17(13)21-18(14)16)12-20-22(5,6)19(2,3)4/h8,15,17-18H,7,9-12H2,1-6H3/t15-,17+,18-/m0/s1. The van der Waals surface area contributed by atoms with Gasteiger partial charge in [0.05, 0.1) is 6.10 Å². The van der Waals surface area contributed by atoms with Crippen molar-refractivity contribution in [1.82, 2.24) is 0 Å². The van der Waals surface area contributed by atoms with Gasteiger partial charge in [-0.3, -0.25) is 0 Å². The molecule has 0 amide bonds. The van der Waals surface area contributed by atoms with E-state index in [1.54, 1.807) is 5.57 Å². The topological polar surface area (TPSA) is 18.5 Å². The van der Waals surface area contributed by atoms with Crippen molar-refractivity contribution in [3.8, 4) is 0 Å². The first-order valence-electron chi connectivity index (χ1n) is 8.88. The average molecular weight is 321 g/mol. The number of fused-ring (bicyclic) bond motifs is 1. The molecule has 0 N–H and O–H groups in total. The van der Waals surface area contributed by atoms with Crippen LogP contribution in [0.25, 0.3) is 0 Å². The van der Waals surface area contributed by atoms with Crippen molar-refractivity contribution in [3.63, 3.8) is 0 Å². The molecule has 1 saturated heterocycles. The van der Waals surface area contributed by atoms with Gasteiger partial charge in [0, 0.05) is 12.5 Å². The number of ether oxygens (including phenoxy) is 1. The first-order valence-corrected chi connectivity index (χ1v) is 11.8. The highest BCUT2D eigenvalue weighted by molar-refractivity contribution is 6.74. The number of rotatable bonds is 3. The van der Waals surface area contributed by atoms with Crippen LogP contribution in [0.2, 0.25) is 18.1 Å². The van der Waals surface area contributed by atoms with Gasteiger partial charge in [-0.1, -0.05) is 26.8 Å². The smallest absolute Gasteiger partial charge is 0.191 e. The summed E-state index contributed by atoms with van der Waals surface area (Å²) < 4.78 is 13.0. The normalized spacial score (nSPS) is 32.1. The Bertz CT molecular complexity index is 510. The molecule has 0 unspecified atom stereocenters. The van der Waals surface area contributed by atoms with Crippen molar-refractivity contribution < 1.29 is 9.16 Å². The van der Waals surface area contributed by atoms with Gasteiger partial charge in [-0.05, 0) is 67.5 Å². The molecule has 2 aliphatic heterocycles. The first kappa shape index (κ1) is 16.5. The lowest BCUT2D eigenvalue weighted by atomic mass is 9.81. The second-order valence-electron chi connectivity index (χ2n) is 8.83. The molecule has 1 fully saturated rings. The molecule has 0 aromatic carbocycles. The van der Waals surface area contributed by atoms with Gasteiger partial charge in [0.2, 0.25) is 0 Å². The minimum absolute atomic E-state index is 0.281. The molecule has 2 nitrogen and oxygen atoms in total. The Kier molecular flexibility index (Phi) is 4.20. The van der Waals surface area contributed by atoms with Crippen molar-refractivity contribution >= 4 is 8.32 Å². The quantitative estimate of drug-likeness (QED) is 0.524. The molecule has 3 aliphatic rings. The monoisotopic (exact) mass is 320 g/mol. The molecule has 0 radical (unpaired) electrons. The zero-order chi connectivity index (χ0) is 16.1. The summed E-state index contributed by atoms with van der Waals surface area (Å²) in [5.74, 6) is 0.526. The average Bonchev–Trinajstić information content (AvgIpc) is 2.66. The van der Waals surface area contributed by atoms with Crippen LogP contribution < -0.4 is 0 Å². The van der Waals surface area contributed by atoms with Crippen molar-refractivity contribution in [3.05, 3.63) is 22.8 Å². The van der Waals surface area contributed by atoms with Gasteiger partial charge < -0.3 is 9.16 Å². The Morgan fingerprint density at radius 2 is 2.00 bits per heavy atom. The summed E-state index contributed by atoms with van der Waals surface area (Å²) in [4.78, 5) is 0. The predicted octanol–water partition coefficient (Wildman–Crippen LogP) is 5.22. The Balaban J connectivity index is 1.74. The summed E-state index contributed by atoms with van der Waals surface area (Å²) in [5.41, 5.74) is 4.64. The third-order valence-corrected chi connectivity index (χ3v) is 10.9. The van der Waals surface area contributed by atoms with Crippen molar-refractivity contribution in [1.29, 1.82) is 0 Å². The Hall–Kier alpha value is -0.383. The van der Waals surface area contributed by atoms with E-state index < -0.39 is 8.32 Å². The van der Waals surface area contributed by atoms with Gasteiger partial charge in [0.25, 0.3) is 0 Å². The molecule has 0 spiro atoms. The van der Waals surface area contributed by atoms with E-state index >= 15 is 0 Å². The SMILES string of the molecule is CC1=C2CCC=C3CC[C@@H](CO[Si](C)(C)C(C)(C)C)[C@@H]1O[C@@H]32. The molecule has 0 aromatic rings. The van der Waals surface area contributed by atoms with E-state index in [0.29, 0.717) is 18.1 Å². The first-order chi connectivity index (χ1) is 10.2. The maximum atomic E-state index is 6.53. The van der Waals surface area contributed by atoms with Gasteiger partial charge in [-0.15, -0.1) is 0 Å². The van der Waals surface area contributed by atoms with Gasteiger partial charge in [-0.25, -0.2) is 0 Å². The summed E-state index contributed by atoms with van der Waals surface area (Å²) in [5, 5.41) is 0.281. The molecule has 2 heterocycles. The highest BCUT2D eigenvalue weighted by atomic mass is 28.4. The summed E-state index contributed by atoms with van der Waals surface area (Å²) >= 11 is 0. The van der Waals surface area contributed by atoms with Gasteiger partial charge in [0.1, 0.15) is 6.10 Å². The van der Waals surface area contributed by atoms with Crippen molar-refractivity contribution in [2.75, 3.05) is 6.61 Å². The van der Waals surface area contributed by atoms with E-state index in [1.165, 1.54) is 36.8 Å². The van der Waals surface area contributed by atoms with Crippen LogP contribution in [-0.4, -0.2) is 27.1 Å². The predicted molar refractivity (Wildman–Crippen MR) is 94.6 cm³/mol. The number of hydrogen-bond acceptors (Lipinski definition) is 2. The Labute approximate surface area is 137 Å². The number of hydrogen-bond donors (Lipinski definition) is 0. The van der Waals surface area contributed by atoms with Crippen LogP contribution in [0.5, 0.6) is 0 Å². The maximum Gasteiger partial charge on any atom is 0.191 e.